The molecule has 4 heterocycles. The van der Waals surface area contributed by atoms with Crippen LogP contribution in [-0.2, 0) is 23.8 Å². The zero-order valence-corrected chi connectivity index (χ0v) is 20.1. The summed E-state index contributed by atoms with van der Waals surface area (Å²) in [5, 5.41) is 0. The number of halogens is 1. The fraction of sp³-hybridized carbons (Fsp3) is 0.320. The van der Waals surface area contributed by atoms with Crippen molar-refractivity contribution in [3.8, 4) is 16.9 Å². The van der Waals surface area contributed by atoms with Gasteiger partial charge in [0, 0.05) is 47.1 Å². The fourth-order valence-electron chi connectivity index (χ4n) is 4.62. The molecule has 6 nitrogen and oxygen atoms in total. The minimum absolute atomic E-state index is 0.216. The predicted molar refractivity (Wildman–Crippen MR) is 128 cm³/mol. The van der Waals surface area contributed by atoms with E-state index in [-0.39, 0.29) is 5.82 Å². The summed E-state index contributed by atoms with van der Waals surface area (Å²) in [7, 11) is -2.66. The lowest BCUT2D eigenvalue weighted by atomic mass is 9.99. The highest BCUT2D eigenvalue weighted by Crippen LogP contribution is 2.39. The molecule has 1 aliphatic heterocycles. The molecule has 5 rings (SSSR count). The fourth-order valence-corrected chi connectivity index (χ4v) is 5.69. The SMILES string of the molecule is Cc1ccc(-c2cnc(CCc3c(F)ccc4c3CCO4)n3cnc(P(C)(C)=O)c23)c(C)n1. The Morgan fingerprint density at radius 3 is 2.67 bits per heavy atom. The number of ether oxygens (including phenoxy) is 1. The van der Waals surface area contributed by atoms with Crippen molar-refractivity contribution in [2.24, 2.45) is 0 Å². The molecule has 0 saturated heterocycles. The van der Waals surface area contributed by atoms with E-state index in [9.17, 15) is 8.96 Å². The van der Waals surface area contributed by atoms with Crippen LogP contribution in [0.5, 0.6) is 5.75 Å². The maximum atomic E-state index is 14.6. The van der Waals surface area contributed by atoms with Crippen LogP contribution in [0, 0.1) is 19.7 Å². The van der Waals surface area contributed by atoms with Gasteiger partial charge in [0.2, 0.25) is 0 Å². The highest BCUT2D eigenvalue weighted by molar-refractivity contribution is 7.70. The van der Waals surface area contributed by atoms with E-state index in [1.54, 1.807) is 31.9 Å². The first-order valence-corrected chi connectivity index (χ1v) is 13.6. The van der Waals surface area contributed by atoms with Gasteiger partial charge in [0.1, 0.15) is 36.3 Å². The third-order valence-electron chi connectivity index (χ3n) is 6.19. The molecule has 0 spiro atoms. The van der Waals surface area contributed by atoms with E-state index in [2.05, 4.69) is 9.97 Å². The van der Waals surface area contributed by atoms with Crippen molar-refractivity contribution in [2.45, 2.75) is 33.1 Å². The van der Waals surface area contributed by atoms with Crippen molar-refractivity contribution in [3.63, 3.8) is 0 Å². The summed E-state index contributed by atoms with van der Waals surface area (Å²) in [5.74, 6) is 1.30. The van der Waals surface area contributed by atoms with Crippen LogP contribution in [0.15, 0.2) is 36.8 Å². The predicted octanol–water partition coefficient (Wildman–Crippen LogP) is 4.52. The molecule has 1 aromatic carbocycles. The number of aryl methyl sites for hydroxylation is 3. The van der Waals surface area contributed by atoms with Crippen LogP contribution in [0.2, 0.25) is 0 Å². The van der Waals surface area contributed by atoms with E-state index in [1.807, 2.05) is 30.4 Å². The number of hydrogen-bond donors (Lipinski definition) is 0. The Balaban J connectivity index is 1.62. The van der Waals surface area contributed by atoms with E-state index in [1.165, 1.54) is 6.07 Å². The van der Waals surface area contributed by atoms with Crippen molar-refractivity contribution < 1.29 is 13.7 Å². The van der Waals surface area contributed by atoms with Crippen LogP contribution in [0.4, 0.5) is 4.39 Å². The van der Waals surface area contributed by atoms with E-state index >= 15 is 0 Å². The first-order valence-electron chi connectivity index (χ1n) is 11.0. The Bertz CT molecular complexity index is 1440. The molecule has 0 aliphatic carbocycles. The maximum absolute atomic E-state index is 14.6. The summed E-state index contributed by atoms with van der Waals surface area (Å²) in [4.78, 5) is 13.9. The van der Waals surface area contributed by atoms with Gasteiger partial charge in [0.25, 0.3) is 0 Å². The zero-order valence-electron chi connectivity index (χ0n) is 19.2. The Morgan fingerprint density at radius 2 is 1.91 bits per heavy atom. The second kappa shape index (κ2) is 8.07. The number of nitrogens with zero attached hydrogens (tertiary/aromatic N) is 4. The largest absolute Gasteiger partial charge is 0.493 e. The maximum Gasteiger partial charge on any atom is 0.129 e. The van der Waals surface area contributed by atoms with Gasteiger partial charge in [-0.05, 0) is 57.4 Å². The number of rotatable bonds is 5. The molecule has 4 aromatic rings. The Morgan fingerprint density at radius 1 is 1.09 bits per heavy atom. The molecule has 170 valence electrons. The van der Waals surface area contributed by atoms with E-state index in [0.717, 1.165) is 45.2 Å². The van der Waals surface area contributed by atoms with Crippen LogP contribution in [0.3, 0.4) is 0 Å². The third kappa shape index (κ3) is 3.84. The van der Waals surface area contributed by atoms with Crippen LogP contribution in [-0.4, -0.2) is 39.3 Å². The molecule has 0 saturated carbocycles. The van der Waals surface area contributed by atoms with Crippen molar-refractivity contribution in [1.82, 2.24) is 19.4 Å². The van der Waals surface area contributed by atoms with Crippen LogP contribution in [0.25, 0.3) is 16.6 Å². The third-order valence-corrected chi connectivity index (χ3v) is 7.54. The first kappa shape index (κ1) is 21.8. The van der Waals surface area contributed by atoms with Gasteiger partial charge in [-0.1, -0.05) is 6.07 Å². The van der Waals surface area contributed by atoms with E-state index < -0.39 is 7.14 Å². The number of benzene rings is 1. The van der Waals surface area contributed by atoms with Gasteiger partial charge in [0.05, 0.1) is 12.1 Å². The minimum atomic E-state index is -2.66. The molecular weight excluding hydrogens is 438 g/mol. The second-order valence-electron chi connectivity index (χ2n) is 8.91. The Labute approximate surface area is 192 Å². The summed E-state index contributed by atoms with van der Waals surface area (Å²) < 4.78 is 35.3. The van der Waals surface area contributed by atoms with Gasteiger partial charge in [-0.15, -0.1) is 0 Å². The van der Waals surface area contributed by atoms with Gasteiger partial charge >= 0.3 is 0 Å². The standard InChI is InChI=1S/C25H26FN4O2P/c1-15-5-6-17(16(2)29-15)20-13-27-23(30-14-28-25(24(20)30)33(3,4)31)10-7-18-19-11-12-32-22(19)9-8-21(18)26/h5-6,8-9,13-14H,7,10-12H2,1-4H3. The minimum Gasteiger partial charge on any atom is -0.493 e. The average Bonchev–Trinajstić information content (AvgIpc) is 3.40. The van der Waals surface area contributed by atoms with Crippen molar-refractivity contribution in [1.29, 1.82) is 0 Å². The summed E-state index contributed by atoms with van der Waals surface area (Å²) >= 11 is 0. The highest BCUT2D eigenvalue weighted by atomic mass is 31.2. The molecule has 0 amide bonds. The summed E-state index contributed by atoms with van der Waals surface area (Å²) in [6.45, 7) is 7.94. The Kier molecular flexibility index (Phi) is 5.32. The van der Waals surface area contributed by atoms with Gasteiger partial charge in [0.15, 0.2) is 0 Å². The first-order chi connectivity index (χ1) is 15.7. The lowest BCUT2D eigenvalue weighted by Crippen LogP contribution is -2.11. The molecule has 3 aromatic heterocycles. The highest BCUT2D eigenvalue weighted by Gasteiger charge is 2.24. The molecule has 33 heavy (non-hydrogen) atoms. The van der Waals surface area contributed by atoms with E-state index in [0.29, 0.717) is 36.9 Å². The molecule has 0 radical (unpaired) electrons. The normalized spacial score (nSPS) is 13.4. The van der Waals surface area contributed by atoms with Gasteiger partial charge in [-0.3, -0.25) is 9.38 Å². The topological polar surface area (TPSA) is 69.4 Å². The molecule has 0 fully saturated rings. The lowest BCUT2D eigenvalue weighted by Gasteiger charge is -2.14. The second-order valence-corrected chi connectivity index (χ2v) is 12.0. The molecule has 8 heteroatoms. The van der Waals surface area contributed by atoms with E-state index in [4.69, 9.17) is 9.72 Å². The molecule has 0 unspecified atom stereocenters. The lowest BCUT2D eigenvalue weighted by molar-refractivity contribution is 0.356. The summed E-state index contributed by atoms with van der Waals surface area (Å²) in [6.07, 6.45) is 5.22. The number of fused-ring (bicyclic) bond motifs is 2. The molecule has 1 aliphatic rings. The number of pyridine rings is 1. The number of hydrogen-bond acceptors (Lipinski definition) is 5. The number of aromatic nitrogens is 4. The summed E-state index contributed by atoms with van der Waals surface area (Å²) in [5.41, 5.74) is 6.57. The van der Waals surface area contributed by atoms with Crippen LogP contribution >= 0.6 is 7.14 Å². The van der Waals surface area contributed by atoms with Crippen LogP contribution in [0.1, 0.15) is 28.3 Å². The van der Waals surface area contributed by atoms with Gasteiger partial charge in [-0.2, -0.15) is 0 Å². The smallest absolute Gasteiger partial charge is 0.129 e. The molecule has 0 bridgehead atoms. The van der Waals surface area contributed by atoms with Gasteiger partial charge < -0.3 is 9.30 Å². The van der Waals surface area contributed by atoms with Crippen molar-refractivity contribution in [2.75, 3.05) is 19.9 Å². The average molecular weight is 464 g/mol. The molecular formula is C25H26FN4O2P. The van der Waals surface area contributed by atoms with Crippen LogP contribution < -0.4 is 10.2 Å². The Hall–Kier alpha value is -3.05. The quantitative estimate of drug-likeness (QED) is 0.407. The number of imidazole rings is 1. The van der Waals surface area contributed by atoms with Crippen molar-refractivity contribution in [3.05, 3.63) is 70.9 Å². The molecule has 0 N–H and O–H groups in total. The molecule has 0 atom stereocenters. The van der Waals surface area contributed by atoms with Crippen molar-refractivity contribution >= 4 is 18.1 Å². The monoisotopic (exact) mass is 464 g/mol. The summed E-state index contributed by atoms with van der Waals surface area (Å²) in [6, 6.07) is 7.15. The van der Waals surface area contributed by atoms with Gasteiger partial charge in [-0.25, -0.2) is 14.4 Å². The zero-order chi connectivity index (χ0) is 23.3.